The molecule has 0 aromatic carbocycles. The monoisotopic (exact) mass is 766 g/mol. The molecule has 0 aliphatic heterocycles. The highest BCUT2D eigenvalue weighted by atomic mass is 31.2. The molecule has 0 aliphatic rings. The van der Waals surface area contributed by atoms with Crippen LogP contribution in [0.25, 0.3) is 0 Å². The van der Waals surface area contributed by atoms with Crippen molar-refractivity contribution in [2.75, 3.05) is 26.4 Å². The van der Waals surface area contributed by atoms with Gasteiger partial charge >= 0.3 is 13.8 Å². The maximum Gasteiger partial charge on any atom is 0.472 e. The quantitative estimate of drug-likeness (QED) is 0.0245. The molecule has 2 atom stereocenters. The highest BCUT2D eigenvalue weighted by molar-refractivity contribution is 7.47. The molecule has 0 aromatic heterocycles. The number of aliphatic hydroxyl groups is 1. The second kappa shape index (κ2) is 39.4. The van der Waals surface area contributed by atoms with Crippen molar-refractivity contribution in [3.05, 3.63) is 60.8 Å². The molecular weight excluding hydrogens is 689 g/mol. The number of amides is 1. The van der Waals surface area contributed by atoms with Gasteiger partial charge in [0.25, 0.3) is 0 Å². The average Bonchev–Trinajstić information content (AvgIpc) is 3.14. The van der Waals surface area contributed by atoms with E-state index in [4.69, 9.17) is 13.8 Å². The zero-order valence-electron chi connectivity index (χ0n) is 33.4. The van der Waals surface area contributed by atoms with Gasteiger partial charge in [-0.2, -0.15) is 0 Å². The Hall–Kier alpha value is -2.29. The molecule has 0 spiro atoms. The third kappa shape index (κ3) is 40.7. The molecular formula is C43H76NO8P. The highest BCUT2D eigenvalue weighted by Crippen LogP contribution is 2.42. The summed E-state index contributed by atoms with van der Waals surface area (Å²) in [6, 6.07) is 0. The first-order valence-electron chi connectivity index (χ1n) is 20.8. The van der Waals surface area contributed by atoms with Crippen molar-refractivity contribution in [2.24, 2.45) is 0 Å². The third-order valence-electron chi connectivity index (χ3n) is 8.43. The van der Waals surface area contributed by atoms with Crippen molar-refractivity contribution in [2.45, 2.75) is 174 Å². The molecule has 0 aromatic rings. The predicted octanol–water partition coefficient (Wildman–Crippen LogP) is 11.3. The molecule has 0 saturated carbocycles. The lowest BCUT2D eigenvalue weighted by molar-refractivity contribution is -0.147. The maximum absolute atomic E-state index is 12.1. The van der Waals surface area contributed by atoms with Gasteiger partial charge in [0.2, 0.25) is 5.91 Å². The third-order valence-corrected chi connectivity index (χ3v) is 9.42. The van der Waals surface area contributed by atoms with Gasteiger partial charge in [0.05, 0.1) is 13.2 Å². The fourth-order valence-electron chi connectivity index (χ4n) is 5.31. The van der Waals surface area contributed by atoms with Crippen LogP contribution in [0.3, 0.4) is 0 Å². The Kier molecular flexibility index (Phi) is 37.7. The number of unbranched alkanes of at least 4 members (excludes halogenated alkanes) is 15. The molecule has 0 bridgehead atoms. The Balaban J connectivity index is 3.64. The van der Waals surface area contributed by atoms with Crippen LogP contribution in [0.15, 0.2) is 60.8 Å². The average molecular weight is 766 g/mol. The van der Waals surface area contributed by atoms with Gasteiger partial charge in [-0.05, 0) is 77.0 Å². The molecule has 306 valence electrons. The molecule has 9 nitrogen and oxygen atoms in total. The fourth-order valence-corrected chi connectivity index (χ4v) is 6.06. The number of nitrogens with one attached hydrogen (secondary N) is 1. The van der Waals surface area contributed by atoms with Crippen LogP contribution >= 0.6 is 7.82 Å². The van der Waals surface area contributed by atoms with Crippen LogP contribution < -0.4 is 5.32 Å². The van der Waals surface area contributed by atoms with Gasteiger partial charge in [-0.25, -0.2) is 4.57 Å². The number of rotatable bonds is 38. The van der Waals surface area contributed by atoms with E-state index >= 15 is 0 Å². The largest absolute Gasteiger partial charge is 0.472 e. The van der Waals surface area contributed by atoms with Crippen molar-refractivity contribution in [3.8, 4) is 0 Å². The summed E-state index contributed by atoms with van der Waals surface area (Å²) in [6.07, 6.45) is 45.8. The Bertz CT molecular complexity index is 1050. The van der Waals surface area contributed by atoms with E-state index in [0.717, 1.165) is 64.2 Å². The summed E-state index contributed by atoms with van der Waals surface area (Å²) in [7, 11) is -4.42. The number of carbonyl (C=O) groups excluding carboxylic acids is 2. The lowest BCUT2D eigenvalue weighted by Gasteiger charge is -2.15. The van der Waals surface area contributed by atoms with E-state index in [9.17, 15) is 24.2 Å². The zero-order valence-corrected chi connectivity index (χ0v) is 34.3. The number of ether oxygens (including phenoxy) is 1. The van der Waals surface area contributed by atoms with Crippen LogP contribution in [0.1, 0.15) is 168 Å². The first kappa shape index (κ1) is 50.7. The normalized spacial score (nSPS) is 14.0. The summed E-state index contributed by atoms with van der Waals surface area (Å²) in [5, 5.41) is 12.7. The lowest BCUT2D eigenvalue weighted by Crippen LogP contribution is -2.27. The molecule has 0 fully saturated rings. The molecule has 0 radical (unpaired) electrons. The van der Waals surface area contributed by atoms with E-state index in [0.29, 0.717) is 12.8 Å². The highest BCUT2D eigenvalue weighted by Gasteiger charge is 2.23. The molecule has 0 heterocycles. The summed E-state index contributed by atoms with van der Waals surface area (Å²) < 4.78 is 26.8. The van der Waals surface area contributed by atoms with Gasteiger partial charge in [-0.15, -0.1) is 0 Å². The zero-order chi connectivity index (χ0) is 38.9. The predicted molar refractivity (Wildman–Crippen MR) is 220 cm³/mol. The van der Waals surface area contributed by atoms with Crippen LogP contribution in [0.5, 0.6) is 0 Å². The van der Waals surface area contributed by atoms with E-state index in [1.54, 1.807) is 0 Å². The summed E-state index contributed by atoms with van der Waals surface area (Å²) >= 11 is 0. The number of phosphoric ester groups is 1. The standard InChI is InChI=1S/C43H76NO8P/c1-3-5-7-9-11-13-15-17-18-19-20-21-22-24-25-27-29-31-33-35-42(46)44-37-38-51-53(48,49)52-40-41(45)39-50-43(47)36-34-32-30-28-26-23-16-14-12-10-8-6-4-2/h6,8,11-14,17-18,23,26,41,45H,3-5,7,9-10,15-16,19-22,24-25,27-40H2,1-2H3,(H,44,46)(H,48,49)/b8-6-,13-11-,14-12-,18-17-,26-23-. The molecule has 0 rings (SSSR count). The smallest absolute Gasteiger partial charge is 0.463 e. The minimum atomic E-state index is -4.42. The second-order valence-electron chi connectivity index (χ2n) is 13.6. The van der Waals surface area contributed by atoms with Gasteiger partial charge in [-0.3, -0.25) is 18.6 Å². The number of hydrogen-bond donors (Lipinski definition) is 3. The van der Waals surface area contributed by atoms with Crippen LogP contribution in [-0.2, 0) is 27.9 Å². The number of carbonyl (C=O) groups is 2. The SMILES string of the molecule is CC/C=C\C/C=C\C/C=C\CCCCCC(=O)OCC(O)COP(=O)(O)OCCNC(=O)CCCCCCCCCCC/C=C\C/C=C\CCCCC. The van der Waals surface area contributed by atoms with Crippen LogP contribution in [-0.4, -0.2) is 54.3 Å². The molecule has 0 aliphatic carbocycles. The van der Waals surface area contributed by atoms with Crippen LogP contribution in [0, 0.1) is 0 Å². The fraction of sp³-hybridized carbons (Fsp3) is 0.721. The molecule has 2 unspecified atom stereocenters. The topological polar surface area (TPSA) is 131 Å². The van der Waals surface area contributed by atoms with Crippen molar-refractivity contribution in [1.82, 2.24) is 5.32 Å². The number of esters is 1. The van der Waals surface area contributed by atoms with Gasteiger partial charge in [-0.1, -0.05) is 139 Å². The number of aliphatic hydroxyl groups excluding tert-OH is 1. The summed E-state index contributed by atoms with van der Waals surface area (Å²) in [4.78, 5) is 33.8. The first-order valence-corrected chi connectivity index (χ1v) is 22.3. The molecule has 10 heteroatoms. The van der Waals surface area contributed by atoms with Crippen molar-refractivity contribution >= 4 is 19.7 Å². The van der Waals surface area contributed by atoms with E-state index < -0.39 is 26.5 Å². The van der Waals surface area contributed by atoms with Gasteiger partial charge in [0, 0.05) is 19.4 Å². The van der Waals surface area contributed by atoms with E-state index in [1.807, 2.05) is 0 Å². The molecule has 1 amide bonds. The van der Waals surface area contributed by atoms with E-state index in [-0.39, 0.29) is 32.1 Å². The Morgan fingerprint density at radius 2 is 1.08 bits per heavy atom. The number of phosphoric acid groups is 1. The van der Waals surface area contributed by atoms with E-state index in [2.05, 4.69) is 79.9 Å². The van der Waals surface area contributed by atoms with Crippen LogP contribution in [0.2, 0.25) is 0 Å². The minimum absolute atomic E-state index is 0.0731. The molecule has 3 N–H and O–H groups in total. The second-order valence-corrected chi connectivity index (χ2v) is 15.0. The van der Waals surface area contributed by atoms with Crippen molar-refractivity contribution in [1.29, 1.82) is 0 Å². The summed E-state index contributed by atoms with van der Waals surface area (Å²) in [5.41, 5.74) is 0. The van der Waals surface area contributed by atoms with Gasteiger partial charge in [0.15, 0.2) is 0 Å². The van der Waals surface area contributed by atoms with Gasteiger partial charge < -0.3 is 20.1 Å². The number of allylic oxidation sites excluding steroid dienone is 10. The molecule has 0 saturated heterocycles. The first-order chi connectivity index (χ1) is 25.8. The van der Waals surface area contributed by atoms with Crippen molar-refractivity contribution in [3.63, 3.8) is 0 Å². The summed E-state index contributed by atoms with van der Waals surface area (Å²) in [6.45, 7) is 3.36. The summed E-state index contributed by atoms with van der Waals surface area (Å²) in [5.74, 6) is -0.555. The lowest BCUT2D eigenvalue weighted by atomic mass is 10.1. The Morgan fingerprint density at radius 1 is 0.604 bits per heavy atom. The molecule has 53 heavy (non-hydrogen) atoms. The Labute approximate surface area is 323 Å². The maximum atomic E-state index is 12.1. The van der Waals surface area contributed by atoms with Crippen LogP contribution in [0.4, 0.5) is 0 Å². The van der Waals surface area contributed by atoms with E-state index in [1.165, 1.54) is 70.6 Å². The number of hydrogen-bond acceptors (Lipinski definition) is 7. The van der Waals surface area contributed by atoms with Gasteiger partial charge in [0.1, 0.15) is 12.7 Å². The van der Waals surface area contributed by atoms with Crippen molar-refractivity contribution < 1.29 is 37.9 Å². The minimum Gasteiger partial charge on any atom is -0.463 e. The Morgan fingerprint density at radius 3 is 1.64 bits per heavy atom.